The maximum Gasteiger partial charge on any atom is 0.253 e. The molecule has 1 aromatic heterocycles. The number of allylic oxidation sites excluding steroid dienone is 5. The van der Waals surface area contributed by atoms with Crippen molar-refractivity contribution in [3.05, 3.63) is 132 Å². The second-order valence-corrected chi connectivity index (χ2v) is 7.40. The van der Waals surface area contributed by atoms with Crippen molar-refractivity contribution in [3.63, 3.8) is 0 Å². The van der Waals surface area contributed by atoms with E-state index < -0.39 is 0 Å². The van der Waals surface area contributed by atoms with Crippen molar-refractivity contribution in [2.24, 2.45) is 4.99 Å². The fourth-order valence-corrected chi connectivity index (χ4v) is 3.13. The molecule has 7 heteroatoms. The van der Waals surface area contributed by atoms with E-state index in [0.29, 0.717) is 23.4 Å². The van der Waals surface area contributed by atoms with Gasteiger partial charge in [-0.2, -0.15) is 0 Å². The highest BCUT2D eigenvalue weighted by Gasteiger charge is 2.14. The molecule has 0 unspecified atom stereocenters. The van der Waals surface area contributed by atoms with Gasteiger partial charge in [0.25, 0.3) is 5.91 Å². The molecule has 0 aliphatic carbocycles. The van der Waals surface area contributed by atoms with E-state index in [-0.39, 0.29) is 11.5 Å². The van der Waals surface area contributed by atoms with Gasteiger partial charge < -0.3 is 9.88 Å². The van der Waals surface area contributed by atoms with Crippen LogP contribution in [0.25, 0.3) is 5.70 Å². The predicted octanol–water partition coefficient (Wildman–Crippen LogP) is 5.16. The van der Waals surface area contributed by atoms with E-state index in [1.54, 1.807) is 59.7 Å². The van der Waals surface area contributed by atoms with E-state index in [1.165, 1.54) is 12.3 Å². The first kappa shape index (κ1) is 26.6. The van der Waals surface area contributed by atoms with Gasteiger partial charge in [0.1, 0.15) is 0 Å². The van der Waals surface area contributed by atoms with Crippen molar-refractivity contribution >= 4 is 24.0 Å². The molecule has 0 fully saturated rings. The molecule has 0 saturated carbocycles. The lowest BCUT2D eigenvalue weighted by molar-refractivity contribution is 0.0808. The molecule has 7 nitrogen and oxygen atoms in total. The molecule has 2 aromatic rings. The zero-order valence-corrected chi connectivity index (χ0v) is 20.1. The van der Waals surface area contributed by atoms with Crippen LogP contribution in [0.1, 0.15) is 22.8 Å². The molecule has 35 heavy (non-hydrogen) atoms. The third-order valence-electron chi connectivity index (χ3n) is 4.84. The van der Waals surface area contributed by atoms with Gasteiger partial charge in [-0.3, -0.25) is 25.0 Å². The number of nitrogens with zero attached hydrogens (tertiary/aromatic N) is 3. The summed E-state index contributed by atoms with van der Waals surface area (Å²) in [5, 5.41) is 1.73. The molecule has 0 aliphatic rings. The van der Waals surface area contributed by atoms with Crippen LogP contribution in [0.2, 0.25) is 0 Å². The molecule has 0 atom stereocenters. The Morgan fingerprint density at radius 3 is 2.49 bits per heavy atom. The Hall–Kier alpha value is -4.65. The van der Waals surface area contributed by atoms with Crippen LogP contribution in [0.5, 0.6) is 0 Å². The van der Waals surface area contributed by atoms with Crippen LogP contribution in [0.4, 0.5) is 5.69 Å². The van der Waals surface area contributed by atoms with Gasteiger partial charge in [0, 0.05) is 49.4 Å². The number of hydrogen-bond acceptors (Lipinski definition) is 5. The molecular formula is C28H31N5O2. The van der Waals surface area contributed by atoms with E-state index in [4.69, 9.17) is 0 Å². The van der Waals surface area contributed by atoms with Crippen LogP contribution in [0.15, 0.2) is 120 Å². The van der Waals surface area contributed by atoms with Crippen molar-refractivity contribution in [3.8, 4) is 0 Å². The summed E-state index contributed by atoms with van der Waals surface area (Å²) < 4.78 is 0. The first-order chi connectivity index (χ1) is 16.9. The zero-order chi connectivity index (χ0) is 25.6. The Balaban J connectivity index is 2.30. The van der Waals surface area contributed by atoms with Crippen molar-refractivity contribution < 1.29 is 4.79 Å². The number of hydrogen-bond donors (Lipinski definition) is 2. The van der Waals surface area contributed by atoms with Gasteiger partial charge in [0.05, 0.1) is 11.4 Å². The van der Waals surface area contributed by atoms with Crippen LogP contribution in [0, 0.1) is 0 Å². The van der Waals surface area contributed by atoms with Gasteiger partial charge in [-0.1, -0.05) is 43.5 Å². The van der Waals surface area contributed by atoms with E-state index in [9.17, 15) is 9.59 Å². The van der Waals surface area contributed by atoms with Crippen LogP contribution in [-0.4, -0.2) is 41.1 Å². The Morgan fingerprint density at radius 1 is 1.14 bits per heavy atom. The Labute approximate surface area is 206 Å². The average molecular weight is 470 g/mol. The number of H-pyrrole nitrogens is 1. The number of rotatable bonds is 12. The predicted molar refractivity (Wildman–Crippen MR) is 146 cm³/mol. The van der Waals surface area contributed by atoms with Gasteiger partial charge in [-0.15, -0.1) is 0 Å². The zero-order valence-electron chi connectivity index (χ0n) is 20.1. The molecule has 0 bridgehead atoms. The number of aromatic nitrogens is 1. The summed E-state index contributed by atoms with van der Waals surface area (Å²) in [6.45, 7) is 13.3. The van der Waals surface area contributed by atoms with Gasteiger partial charge in [-0.25, -0.2) is 0 Å². The molecule has 180 valence electrons. The van der Waals surface area contributed by atoms with Crippen LogP contribution >= 0.6 is 0 Å². The minimum atomic E-state index is -0.214. The second-order valence-electron chi connectivity index (χ2n) is 7.40. The molecule has 0 aliphatic heterocycles. The number of likely N-dealkylation sites (N-methyl/N-ethyl adjacent to an activating group) is 1. The lowest BCUT2D eigenvalue weighted by atomic mass is 10.1. The van der Waals surface area contributed by atoms with E-state index in [0.717, 1.165) is 11.3 Å². The summed E-state index contributed by atoms with van der Waals surface area (Å²) in [6, 6.07) is 10.4. The summed E-state index contributed by atoms with van der Waals surface area (Å²) in [7, 11) is 1.74. The van der Waals surface area contributed by atoms with Crippen LogP contribution < -0.4 is 11.0 Å². The lowest BCUT2D eigenvalue weighted by Gasteiger charge is -2.25. The normalized spacial score (nSPS) is 11.9. The second kappa shape index (κ2) is 13.8. The van der Waals surface area contributed by atoms with Gasteiger partial charge in [-0.05, 0) is 55.6 Å². The maximum absolute atomic E-state index is 12.8. The molecule has 2 rings (SSSR count). The Kier molecular flexibility index (Phi) is 10.5. The molecule has 2 N–H and O–H groups in total. The minimum Gasteiger partial charge on any atom is -0.337 e. The summed E-state index contributed by atoms with van der Waals surface area (Å²) in [6.07, 6.45) is 15.6. The fraction of sp³-hybridized carbons (Fsp3) is 0.107. The van der Waals surface area contributed by atoms with Crippen LogP contribution in [0.3, 0.4) is 0 Å². The highest BCUT2D eigenvalue weighted by Crippen LogP contribution is 2.21. The number of aliphatic imine (C=N–C) groups is 1. The van der Waals surface area contributed by atoms with Crippen molar-refractivity contribution in [1.29, 1.82) is 0 Å². The third kappa shape index (κ3) is 8.01. The quantitative estimate of drug-likeness (QED) is 0.256. The summed E-state index contributed by atoms with van der Waals surface area (Å²) in [5.74, 6) is -0.113. The first-order valence-corrected chi connectivity index (χ1v) is 10.9. The number of carbonyl (C=O) groups excluding carboxylic acids is 1. The molecule has 1 heterocycles. The Morgan fingerprint density at radius 2 is 1.89 bits per heavy atom. The van der Waals surface area contributed by atoms with Crippen molar-refractivity contribution in [2.45, 2.75) is 6.92 Å². The number of pyridine rings is 1. The first-order valence-electron chi connectivity index (χ1n) is 10.9. The van der Waals surface area contributed by atoms with Crippen molar-refractivity contribution in [1.82, 2.24) is 14.9 Å². The van der Waals surface area contributed by atoms with Gasteiger partial charge >= 0.3 is 0 Å². The summed E-state index contributed by atoms with van der Waals surface area (Å²) in [5.41, 5.74) is 6.65. The highest BCUT2D eigenvalue weighted by molar-refractivity contribution is 5.94. The molecule has 0 saturated heterocycles. The van der Waals surface area contributed by atoms with Gasteiger partial charge in [0.15, 0.2) is 0 Å². The SMILES string of the molecule is C=C/C=C(\C=C)CN(C)C(=O)c1ccc(NN(/C=C\N=C)/C(=C\C=C/C)c2cc[nH]c(=O)c2)cc1. The molecule has 0 radical (unpaired) electrons. The standard InChI is InChI=1S/C28H31N5O2/c1-6-9-11-26(24-16-17-30-27(34)20-24)33(19-18-29-4)31-25-14-12-23(13-15-25)28(35)32(5)21-22(8-3)10-7-2/h6-20,31H,2-4,21H2,1,5H3,(H,30,34)/b9-6-,19-18-,22-10+,26-11-. The number of carbonyl (C=O) groups is 1. The maximum atomic E-state index is 12.8. The molecule has 1 amide bonds. The lowest BCUT2D eigenvalue weighted by Crippen LogP contribution is -2.28. The van der Waals surface area contributed by atoms with Crippen molar-refractivity contribution in [2.75, 3.05) is 19.0 Å². The summed E-state index contributed by atoms with van der Waals surface area (Å²) in [4.78, 5) is 32.8. The topological polar surface area (TPSA) is 80.8 Å². The molecule has 0 spiro atoms. The fourth-order valence-electron chi connectivity index (χ4n) is 3.13. The van der Waals surface area contributed by atoms with E-state index in [1.807, 2.05) is 43.4 Å². The smallest absolute Gasteiger partial charge is 0.253 e. The van der Waals surface area contributed by atoms with Gasteiger partial charge in [0.2, 0.25) is 5.56 Å². The molecular weight excluding hydrogens is 438 g/mol. The minimum absolute atomic E-state index is 0.113. The third-order valence-corrected chi connectivity index (χ3v) is 4.84. The number of hydrazine groups is 1. The number of benzene rings is 1. The van der Waals surface area contributed by atoms with E-state index in [2.05, 4.69) is 35.3 Å². The highest BCUT2D eigenvalue weighted by atomic mass is 16.2. The van der Waals surface area contributed by atoms with Crippen LogP contribution in [-0.2, 0) is 0 Å². The average Bonchev–Trinajstić information content (AvgIpc) is 2.87. The van der Waals surface area contributed by atoms with E-state index >= 15 is 0 Å². The Bertz CT molecular complexity index is 1220. The largest absolute Gasteiger partial charge is 0.337 e. The monoisotopic (exact) mass is 469 g/mol. The number of anilines is 1. The summed E-state index contributed by atoms with van der Waals surface area (Å²) >= 11 is 0. The number of aromatic amines is 1. The number of amides is 1. The number of nitrogens with one attached hydrogen (secondary N) is 2. The molecule has 1 aromatic carbocycles.